The second-order valence-corrected chi connectivity index (χ2v) is 6.30. The van der Waals surface area contributed by atoms with Crippen LogP contribution in [-0.2, 0) is 0 Å². The first-order valence-electron chi connectivity index (χ1n) is 8.45. The first-order valence-corrected chi connectivity index (χ1v) is 8.45. The van der Waals surface area contributed by atoms with Crippen LogP contribution in [0.5, 0.6) is 0 Å². The molecule has 0 N–H and O–H groups in total. The summed E-state index contributed by atoms with van der Waals surface area (Å²) in [6.45, 7) is 3.49. The molecular formula is C18H20N6O. The van der Waals surface area contributed by atoms with Crippen molar-refractivity contribution in [3.63, 3.8) is 0 Å². The molecule has 25 heavy (non-hydrogen) atoms. The lowest BCUT2D eigenvalue weighted by Gasteiger charge is -2.34. The summed E-state index contributed by atoms with van der Waals surface area (Å²) in [4.78, 5) is 27.5. The number of rotatable bonds is 3. The van der Waals surface area contributed by atoms with Gasteiger partial charge >= 0.3 is 0 Å². The van der Waals surface area contributed by atoms with Crippen LogP contribution in [0.1, 0.15) is 35.1 Å². The van der Waals surface area contributed by atoms with E-state index in [0.29, 0.717) is 17.9 Å². The number of carbonyl (C=O) groups excluding carboxylic acids is 1. The number of nitrogens with zero attached hydrogens (tertiary/aromatic N) is 6. The van der Waals surface area contributed by atoms with Gasteiger partial charge in [-0.2, -0.15) is 0 Å². The molecule has 0 bridgehead atoms. The SMILES string of the molecule is Cc1nccn1[C@@H]1CCCN(C(=O)c2ccnc(-n3ccnc3)c2)C1. The molecule has 3 aromatic heterocycles. The number of aryl methyl sites for hydroxylation is 1. The highest BCUT2D eigenvalue weighted by Crippen LogP contribution is 2.24. The van der Waals surface area contributed by atoms with Gasteiger partial charge in [-0.3, -0.25) is 9.36 Å². The van der Waals surface area contributed by atoms with Crippen molar-refractivity contribution in [2.24, 2.45) is 0 Å². The van der Waals surface area contributed by atoms with Gasteiger partial charge < -0.3 is 9.47 Å². The van der Waals surface area contributed by atoms with Gasteiger partial charge in [-0.15, -0.1) is 0 Å². The van der Waals surface area contributed by atoms with Crippen LogP contribution in [0.25, 0.3) is 5.82 Å². The Morgan fingerprint density at radius 2 is 2.12 bits per heavy atom. The molecule has 0 unspecified atom stereocenters. The highest BCUT2D eigenvalue weighted by atomic mass is 16.2. The predicted molar refractivity (Wildman–Crippen MR) is 92.5 cm³/mol. The van der Waals surface area contributed by atoms with Crippen molar-refractivity contribution in [1.82, 2.24) is 29.0 Å². The number of carbonyl (C=O) groups is 1. The van der Waals surface area contributed by atoms with E-state index in [1.54, 1.807) is 29.4 Å². The molecular weight excluding hydrogens is 316 g/mol. The summed E-state index contributed by atoms with van der Waals surface area (Å²) in [5.74, 6) is 1.74. The molecule has 0 aromatic carbocycles. The summed E-state index contributed by atoms with van der Waals surface area (Å²) in [6.07, 6.45) is 12.7. The summed E-state index contributed by atoms with van der Waals surface area (Å²) < 4.78 is 3.97. The smallest absolute Gasteiger partial charge is 0.254 e. The highest BCUT2D eigenvalue weighted by molar-refractivity contribution is 5.94. The fraction of sp³-hybridized carbons (Fsp3) is 0.333. The topological polar surface area (TPSA) is 68.8 Å². The Bertz CT molecular complexity index is 869. The van der Waals surface area contributed by atoms with Crippen molar-refractivity contribution < 1.29 is 4.79 Å². The maximum Gasteiger partial charge on any atom is 0.254 e. The fourth-order valence-electron chi connectivity index (χ4n) is 3.41. The standard InChI is InChI=1S/C18H20N6O/c1-14-20-7-10-24(14)16-3-2-8-22(12-16)18(25)15-4-5-21-17(11-15)23-9-6-19-13-23/h4-7,9-11,13,16H,2-3,8,12H2,1H3/t16-/m1/s1. The second kappa shape index (κ2) is 6.51. The van der Waals surface area contributed by atoms with Crippen LogP contribution >= 0.6 is 0 Å². The van der Waals surface area contributed by atoms with Crippen LogP contribution in [-0.4, -0.2) is 48.0 Å². The largest absolute Gasteiger partial charge is 0.337 e. The van der Waals surface area contributed by atoms with Crippen LogP contribution < -0.4 is 0 Å². The van der Waals surface area contributed by atoms with Crippen molar-refractivity contribution in [2.45, 2.75) is 25.8 Å². The summed E-state index contributed by atoms with van der Waals surface area (Å²) in [5.41, 5.74) is 0.654. The molecule has 7 heteroatoms. The molecule has 1 aliphatic heterocycles. The molecule has 1 aliphatic rings. The van der Waals surface area contributed by atoms with E-state index >= 15 is 0 Å². The van der Waals surface area contributed by atoms with E-state index in [1.807, 2.05) is 36.5 Å². The fourth-order valence-corrected chi connectivity index (χ4v) is 3.41. The molecule has 7 nitrogen and oxygen atoms in total. The molecule has 4 rings (SSSR count). The Morgan fingerprint density at radius 1 is 1.20 bits per heavy atom. The van der Waals surface area contributed by atoms with Crippen LogP contribution in [0, 0.1) is 6.92 Å². The van der Waals surface area contributed by atoms with E-state index in [-0.39, 0.29) is 11.9 Å². The molecule has 0 spiro atoms. The van der Waals surface area contributed by atoms with Crippen molar-refractivity contribution in [3.05, 3.63) is 60.8 Å². The minimum Gasteiger partial charge on any atom is -0.337 e. The predicted octanol–water partition coefficient (Wildman–Crippen LogP) is 2.25. The zero-order valence-corrected chi connectivity index (χ0v) is 14.1. The monoisotopic (exact) mass is 336 g/mol. The molecule has 1 amide bonds. The van der Waals surface area contributed by atoms with Gasteiger partial charge in [-0.25, -0.2) is 15.0 Å². The van der Waals surface area contributed by atoms with Crippen molar-refractivity contribution in [1.29, 1.82) is 0 Å². The summed E-state index contributed by atoms with van der Waals surface area (Å²) in [7, 11) is 0. The molecule has 0 aliphatic carbocycles. The zero-order chi connectivity index (χ0) is 17.2. The van der Waals surface area contributed by atoms with Crippen molar-refractivity contribution in [3.8, 4) is 5.82 Å². The van der Waals surface area contributed by atoms with E-state index in [1.165, 1.54) is 0 Å². The first-order chi connectivity index (χ1) is 12.2. The Balaban J connectivity index is 1.54. The number of aromatic nitrogens is 5. The van der Waals surface area contributed by atoms with Crippen LogP contribution in [0.3, 0.4) is 0 Å². The van der Waals surface area contributed by atoms with Gasteiger partial charge in [0.1, 0.15) is 18.0 Å². The summed E-state index contributed by atoms with van der Waals surface area (Å²) >= 11 is 0. The molecule has 0 radical (unpaired) electrons. The average Bonchev–Trinajstić information content (AvgIpc) is 3.33. The number of pyridine rings is 1. The number of likely N-dealkylation sites (tertiary alicyclic amines) is 1. The second-order valence-electron chi connectivity index (χ2n) is 6.30. The Morgan fingerprint density at radius 3 is 2.88 bits per heavy atom. The van der Waals surface area contributed by atoms with Crippen LogP contribution in [0.4, 0.5) is 0 Å². The first kappa shape index (κ1) is 15.6. The number of hydrogen-bond acceptors (Lipinski definition) is 4. The molecule has 128 valence electrons. The van der Waals surface area contributed by atoms with E-state index in [2.05, 4.69) is 19.5 Å². The molecule has 0 saturated carbocycles. The Hall–Kier alpha value is -2.96. The number of imidazole rings is 2. The Kier molecular flexibility index (Phi) is 4.05. The third kappa shape index (κ3) is 3.05. The lowest BCUT2D eigenvalue weighted by molar-refractivity contribution is 0.0678. The van der Waals surface area contributed by atoms with E-state index in [4.69, 9.17) is 0 Å². The van der Waals surface area contributed by atoms with Crippen molar-refractivity contribution >= 4 is 5.91 Å². The van der Waals surface area contributed by atoms with Gasteiger partial charge in [-0.1, -0.05) is 0 Å². The van der Waals surface area contributed by atoms with E-state index in [0.717, 1.165) is 25.2 Å². The highest BCUT2D eigenvalue weighted by Gasteiger charge is 2.26. The zero-order valence-electron chi connectivity index (χ0n) is 14.1. The van der Waals surface area contributed by atoms with Crippen LogP contribution in [0.15, 0.2) is 49.4 Å². The maximum atomic E-state index is 13.0. The molecule has 4 heterocycles. The van der Waals surface area contributed by atoms with Crippen molar-refractivity contribution in [2.75, 3.05) is 13.1 Å². The number of hydrogen-bond donors (Lipinski definition) is 0. The molecule has 1 saturated heterocycles. The Labute approximate surface area is 146 Å². The lowest BCUT2D eigenvalue weighted by atomic mass is 10.0. The van der Waals surface area contributed by atoms with E-state index in [9.17, 15) is 4.79 Å². The van der Waals surface area contributed by atoms with Gasteiger partial charge in [0, 0.05) is 49.6 Å². The quantitative estimate of drug-likeness (QED) is 0.736. The van der Waals surface area contributed by atoms with Crippen LogP contribution in [0.2, 0.25) is 0 Å². The molecule has 3 aromatic rings. The maximum absolute atomic E-state index is 13.0. The third-order valence-electron chi connectivity index (χ3n) is 4.70. The third-order valence-corrected chi connectivity index (χ3v) is 4.70. The summed E-state index contributed by atoms with van der Waals surface area (Å²) in [6, 6.07) is 3.88. The van der Waals surface area contributed by atoms with Gasteiger partial charge in [0.05, 0.1) is 6.04 Å². The average molecular weight is 336 g/mol. The lowest BCUT2D eigenvalue weighted by Crippen LogP contribution is -2.40. The minimum atomic E-state index is 0.0474. The number of piperidine rings is 1. The van der Waals surface area contributed by atoms with Gasteiger partial charge in [0.15, 0.2) is 0 Å². The van der Waals surface area contributed by atoms with Gasteiger partial charge in [-0.05, 0) is 31.9 Å². The van der Waals surface area contributed by atoms with Gasteiger partial charge in [0.2, 0.25) is 0 Å². The summed E-state index contributed by atoms with van der Waals surface area (Å²) in [5, 5.41) is 0. The van der Waals surface area contributed by atoms with E-state index < -0.39 is 0 Å². The normalized spacial score (nSPS) is 17.6. The minimum absolute atomic E-state index is 0.0474. The molecule has 1 atom stereocenters. The van der Waals surface area contributed by atoms with Gasteiger partial charge in [0.25, 0.3) is 5.91 Å². The molecule has 1 fully saturated rings. The number of amides is 1.